The Kier molecular flexibility index (Phi) is 7.28. The summed E-state index contributed by atoms with van der Waals surface area (Å²) >= 11 is 0. The molecule has 0 unspecified atom stereocenters. The zero-order valence-electron chi connectivity index (χ0n) is 10.8. The van der Waals surface area contributed by atoms with Crippen molar-refractivity contribution in [2.24, 2.45) is 0 Å². The Bertz CT molecular complexity index is 191. The molecule has 0 radical (unpaired) electrons. The Balaban J connectivity index is 1.79. The molecule has 0 aromatic rings. The molecule has 0 saturated carbocycles. The maximum absolute atomic E-state index is 11.0. The second-order valence-electron chi connectivity index (χ2n) is 5.07. The lowest BCUT2D eigenvalue weighted by molar-refractivity contribution is -0.119. The van der Waals surface area contributed by atoms with Crippen LogP contribution in [0.5, 0.6) is 0 Å². The van der Waals surface area contributed by atoms with Crippen LogP contribution in [0.3, 0.4) is 0 Å². The van der Waals surface area contributed by atoms with E-state index in [0.717, 1.165) is 12.8 Å². The molecule has 94 valence electrons. The number of amides is 1. The molecule has 0 spiro atoms. The van der Waals surface area contributed by atoms with Gasteiger partial charge in [-0.25, -0.2) is 0 Å². The van der Waals surface area contributed by atoms with E-state index < -0.39 is 0 Å². The summed E-state index contributed by atoms with van der Waals surface area (Å²) in [4.78, 5) is 11.0. The average molecular weight is 225 g/mol. The molecule has 1 fully saturated rings. The summed E-state index contributed by atoms with van der Waals surface area (Å²) in [5, 5.41) is 3.03. The molecule has 1 atom stereocenters. The fraction of sp³-hybridized carbons (Fsp3) is 0.929. The highest BCUT2D eigenvalue weighted by Gasteiger charge is 2.19. The van der Waals surface area contributed by atoms with Gasteiger partial charge in [0.15, 0.2) is 0 Å². The van der Waals surface area contributed by atoms with Gasteiger partial charge in [-0.05, 0) is 12.8 Å². The van der Waals surface area contributed by atoms with E-state index in [4.69, 9.17) is 0 Å². The van der Waals surface area contributed by atoms with Gasteiger partial charge < -0.3 is 5.32 Å². The third-order valence-electron chi connectivity index (χ3n) is 3.49. The van der Waals surface area contributed by atoms with Crippen molar-refractivity contribution in [2.45, 2.75) is 83.6 Å². The smallest absolute Gasteiger partial charge is 0.220 e. The quantitative estimate of drug-likeness (QED) is 0.594. The van der Waals surface area contributed by atoms with E-state index in [2.05, 4.69) is 12.2 Å². The van der Waals surface area contributed by atoms with Gasteiger partial charge in [0.1, 0.15) is 0 Å². The first kappa shape index (κ1) is 13.5. The van der Waals surface area contributed by atoms with E-state index in [0.29, 0.717) is 6.04 Å². The molecule has 1 amide bonds. The first-order valence-electron chi connectivity index (χ1n) is 7.12. The van der Waals surface area contributed by atoms with Crippen LogP contribution in [-0.4, -0.2) is 11.9 Å². The summed E-state index contributed by atoms with van der Waals surface area (Å²) in [6.45, 7) is 2.26. The van der Waals surface area contributed by atoms with Gasteiger partial charge in [-0.3, -0.25) is 4.79 Å². The molecule has 1 aliphatic rings. The zero-order valence-corrected chi connectivity index (χ0v) is 10.8. The lowest BCUT2D eigenvalue weighted by Crippen LogP contribution is -2.24. The SMILES string of the molecule is CCCCCCCCCC[C@@H]1CCC(=O)N1. The average Bonchev–Trinajstić information content (AvgIpc) is 2.68. The van der Waals surface area contributed by atoms with Crippen LogP contribution < -0.4 is 5.32 Å². The number of hydrogen-bond donors (Lipinski definition) is 1. The topological polar surface area (TPSA) is 29.1 Å². The summed E-state index contributed by atoms with van der Waals surface area (Å²) in [5.74, 6) is 0.254. The Morgan fingerprint density at radius 3 is 2.25 bits per heavy atom. The van der Waals surface area contributed by atoms with E-state index in [-0.39, 0.29) is 5.91 Å². The molecule has 2 nitrogen and oxygen atoms in total. The first-order chi connectivity index (χ1) is 7.83. The van der Waals surface area contributed by atoms with Crippen molar-refractivity contribution in [3.05, 3.63) is 0 Å². The lowest BCUT2D eigenvalue weighted by atomic mass is 10.0. The number of unbranched alkanes of at least 4 members (excludes halogenated alkanes) is 7. The number of hydrogen-bond acceptors (Lipinski definition) is 1. The highest BCUT2D eigenvalue weighted by molar-refractivity contribution is 5.78. The fourth-order valence-electron chi connectivity index (χ4n) is 2.42. The summed E-state index contributed by atoms with van der Waals surface area (Å²) in [7, 11) is 0. The molecular formula is C14H27NO. The molecule has 1 saturated heterocycles. The maximum atomic E-state index is 11.0. The molecule has 1 N–H and O–H groups in total. The zero-order chi connectivity index (χ0) is 11.6. The highest BCUT2D eigenvalue weighted by atomic mass is 16.1. The van der Waals surface area contributed by atoms with Gasteiger partial charge in [-0.1, -0.05) is 58.3 Å². The van der Waals surface area contributed by atoms with Crippen molar-refractivity contribution in [3.63, 3.8) is 0 Å². The highest BCUT2D eigenvalue weighted by Crippen LogP contribution is 2.15. The normalized spacial score (nSPS) is 20.1. The van der Waals surface area contributed by atoms with Crippen molar-refractivity contribution in [2.75, 3.05) is 0 Å². The molecule has 1 heterocycles. The van der Waals surface area contributed by atoms with E-state index in [1.165, 1.54) is 57.8 Å². The van der Waals surface area contributed by atoms with Crippen molar-refractivity contribution in [1.29, 1.82) is 0 Å². The molecule has 1 aliphatic heterocycles. The largest absolute Gasteiger partial charge is 0.353 e. The van der Waals surface area contributed by atoms with Gasteiger partial charge >= 0.3 is 0 Å². The lowest BCUT2D eigenvalue weighted by Gasteiger charge is -2.08. The molecule has 2 heteroatoms. The van der Waals surface area contributed by atoms with E-state index in [1.54, 1.807) is 0 Å². The summed E-state index contributed by atoms with van der Waals surface area (Å²) < 4.78 is 0. The summed E-state index contributed by atoms with van der Waals surface area (Å²) in [6.07, 6.45) is 14.0. The number of nitrogens with one attached hydrogen (secondary N) is 1. The Labute approximate surface area is 100 Å². The fourth-order valence-corrected chi connectivity index (χ4v) is 2.42. The van der Waals surface area contributed by atoms with Crippen molar-refractivity contribution < 1.29 is 4.79 Å². The maximum Gasteiger partial charge on any atom is 0.220 e. The second kappa shape index (κ2) is 8.60. The van der Waals surface area contributed by atoms with Crippen molar-refractivity contribution in [3.8, 4) is 0 Å². The van der Waals surface area contributed by atoms with Crippen molar-refractivity contribution >= 4 is 5.91 Å². The monoisotopic (exact) mass is 225 g/mol. The van der Waals surface area contributed by atoms with Gasteiger partial charge in [-0.15, -0.1) is 0 Å². The van der Waals surface area contributed by atoms with Crippen LogP contribution in [-0.2, 0) is 4.79 Å². The molecule has 0 bridgehead atoms. The van der Waals surface area contributed by atoms with Gasteiger partial charge in [0, 0.05) is 12.5 Å². The number of carbonyl (C=O) groups excluding carboxylic acids is 1. The Morgan fingerprint density at radius 2 is 1.69 bits per heavy atom. The predicted molar refractivity (Wildman–Crippen MR) is 68.4 cm³/mol. The molecule has 0 aromatic heterocycles. The minimum Gasteiger partial charge on any atom is -0.353 e. The second-order valence-corrected chi connectivity index (χ2v) is 5.07. The van der Waals surface area contributed by atoms with Crippen LogP contribution in [0.15, 0.2) is 0 Å². The van der Waals surface area contributed by atoms with Crippen molar-refractivity contribution in [1.82, 2.24) is 5.32 Å². The van der Waals surface area contributed by atoms with Crippen LogP contribution in [0.2, 0.25) is 0 Å². The third kappa shape index (κ3) is 6.14. The van der Waals surface area contributed by atoms with Gasteiger partial charge in [-0.2, -0.15) is 0 Å². The third-order valence-corrected chi connectivity index (χ3v) is 3.49. The van der Waals surface area contributed by atoms with Crippen LogP contribution in [0.4, 0.5) is 0 Å². The van der Waals surface area contributed by atoms with E-state index in [9.17, 15) is 4.79 Å². The number of rotatable bonds is 9. The molecule has 0 aromatic carbocycles. The molecule has 1 rings (SSSR count). The van der Waals surface area contributed by atoms with E-state index in [1.807, 2.05) is 0 Å². The Morgan fingerprint density at radius 1 is 1.06 bits per heavy atom. The molecular weight excluding hydrogens is 198 g/mol. The van der Waals surface area contributed by atoms with Gasteiger partial charge in [0.25, 0.3) is 0 Å². The van der Waals surface area contributed by atoms with Gasteiger partial charge in [0.2, 0.25) is 5.91 Å². The minimum absolute atomic E-state index is 0.254. The first-order valence-corrected chi connectivity index (χ1v) is 7.12. The standard InChI is InChI=1S/C14H27NO/c1-2-3-4-5-6-7-8-9-10-13-11-12-14(16)15-13/h13H,2-12H2,1H3,(H,15,16)/t13-/m1/s1. The van der Waals surface area contributed by atoms with Crippen LogP contribution in [0.25, 0.3) is 0 Å². The summed E-state index contributed by atoms with van der Waals surface area (Å²) in [6, 6.07) is 0.493. The number of carbonyl (C=O) groups is 1. The van der Waals surface area contributed by atoms with Gasteiger partial charge in [0.05, 0.1) is 0 Å². The Hall–Kier alpha value is -0.530. The van der Waals surface area contributed by atoms with Crippen LogP contribution in [0.1, 0.15) is 77.6 Å². The van der Waals surface area contributed by atoms with Crippen LogP contribution in [0, 0.1) is 0 Å². The minimum atomic E-state index is 0.254. The van der Waals surface area contributed by atoms with E-state index >= 15 is 0 Å². The predicted octanol–water partition coefficient (Wildman–Crippen LogP) is 3.80. The van der Waals surface area contributed by atoms with Crippen LogP contribution >= 0.6 is 0 Å². The molecule has 0 aliphatic carbocycles. The molecule has 16 heavy (non-hydrogen) atoms. The summed E-state index contributed by atoms with van der Waals surface area (Å²) in [5.41, 5.74) is 0.